The first-order valence-electron chi connectivity index (χ1n) is 7.95. The Morgan fingerprint density at radius 3 is 2.58 bits per heavy atom. The van der Waals surface area contributed by atoms with E-state index in [1.165, 1.54) is 6.20 Å². The van der Waals surface area contributed by atoms with E-state index in [0.29, 0.717) is 16.1 Å². The number of imidazole rings is 1. The molecular formula is C18H18BrN5O2. The van der Waals surface area contributed by atoms with E-state index in [2.05, 4.69) is 41.2 Å². The van der Waals surface area contributed by atoms with Gasteiger partial charge in [-0.15, -0.1) is 0 Å². The Hall–Kier alpha value is -2.74. The Bertz CT molecular complexity index is 919. The van der Waals surface area contributed by atoms with Gasteiger partial charge in [-0.2, -0.15) is 0 Å². The molecule has 0 saturated carbocycles. The summed E-state index contributed by atoms with van der Waals surface area (Å²) in [5.74, 6) is 0.750. The van der Waals surface area contributed by atoms with Crippen molar-refractivity contribution in [2.75, 3.05) is 5.32 Å². The molecule has 2 N–H and O–H groups in total. The van der Waals surface area contributed by atoms with Crippen molar-refractivity contribution >= 4 is 27.8 Å². The summed E-state index contributed by atoms with van der Waals surface area (Å²) in [4.78, 5) is 28.3. The number of carbonyl (C=O) groups excluding carboxylic acids is 1. The molecule has 0 saturated heterocycles. The van der Waals surface area contributed by atoms with Crippen LogP contribution in [-0.2, 0) is 4.74 Å². The lowest BCUT2D eigenvalue weighted by molar-refractivity contribution is 0.0635. The van der Waals surface area contributed by atoms with Crippen LogP contribution in [0.2, 0.25) is 0 Å². The highest BCUT2D eigenvalue weighted by Gasteiger charge is 2.20. The third kappa shape index (κ3) is 4.45. The molecule has 0 fully saturated rings. The lowest BCUT2D eigenvalue weighted by Gasteiger charge is -2.19. The maximum atomic E-state index is 12.1. The van der Waals surface area contributed by atoms with Gasteiger partial charge < -0.3 is 9.72 Å². The van der Waals surface area contributed by atoms with Crippen LogP contribution in [-0.4, -0.2) is 31.6 Å². The summed E-state index contributed by atoms with van der Waals surface area (Å²) in [7, 11) is 0. The number of rotatable bonds is 3. The number of ether oxygens (including phenoxy) is 1. The second-order valence-corrected chi connectivity index (χ2v) is 7.34. The molecule has 1 aromatic carbocycles. The highest BCUT2D eigenvalue weighted by Crippen LogP contribution is 2.26. The molecule has 7 nitrogen and oxygen atoms in total. The van der Waals surface area contributed by atoms with Gasteiger partial charge in [0, 0.05) is 0 Å². The lowest BCUT2D eigenvalue weighted by atomic mass is 10.2. The van der Waals surface area contributed by atoms with Gasteiger partial charge in [0.15, 0.2) is 11.6 Å². The molecule has 2 aromatic heterocycles. The van der Waals surface area contributed by atoms with Crippen molar-refractivity contribution in [1.82, 2.24) is 19.9 Å². The SMILES string of the molecule is CC(C)(C)OC(=O)Nc1ncc(Br)nc1-c1ncc(-c2ccccc2)[nH]1. The summed E-state index contributed by atoms with van der Waals surface area (Å²) >= 11 is 3.30. The number of benzene rings is 1. The van der Waals surface area contributed by atoms with E-state index in [4.69, 9.17) is 4.74 Å². The van der Waals surface area contributed by atoms with Crippen LogP contribution < -0.4 is 5.32 Å². The quantitative estimate of drug-likeness (QED) is 0.649. The molecule has 0 aliphatic heterocycles. The van der Waals surface area contributed by atoms with Crippen molar-refractivity contribution in [3.63, 3.8) is 0 Å². The van der Waals surface area contributed by atoms with Gasteiger partial charge in [-0.1, -0.05) is 30.3 Å². The lowest BCUT2D eigenvalue weighted by Crippen LogP contribution is -2.27. The van der Waals surface area contributed by atoms with Gasteiger partial charge in [-0.25, -0.2) is 19.7 Å². The van der Waals surface area contributed by atoms with Gasteiger partial charge in [-0.3, -0.25) is 5.32 Å². The summed E-state index contributed by atoms with van der Waals surface area (Å²) in [6, 6.07) is 9.80. The predicted molar refractivity (Wildman–Crippen MR) is 103 cm³/mol. The Morgan fingerprint density at radius 1 is 1.15 bits per heavy atom. The van der Waals surface area contributed by atoms with Crippen molar-refractivity contribution in [3.8, 4) is 22.8 Å². The Kier molecular flexibility index (Phi) is 5.03. The second-order valence-electron chi connectivity index (χ2n) is 6.53. The van der Waals surface area contributed by atoms with Gasteiger partial charge in [0.25, 0.3) is 0 Å². The third-order valence-corrected chi connectivity index (χ3v) is 3.63. The smallest absolute Gasteiger partial charge is 0.413 e. The minimum absolute atomic E-state index is 0.261. The molecule has 8 heteroatoms. The largest absolute Gasteiger partial charge is 0.444 e. The minimum atomic E-state index is -0.613. The average Bonchev–Trinajstić information content (AvgIpc) is 3.05. The number of hydrogen-bond acceptors (Lipinski definition) is 5. The number of aromatic amines is 1. The molecule has 0 unspecified atom stereocenters. The average molecular weight is 416 g/mol. The Balaban J connectivity index is 1.91. The first-order valence-corrected chi connectivity index (χ1v) is 8.74. The van der Waals surface area contributed by atoms with Crippen LogP contribution in [0.5, 0.6) is 0 Å². The number of aromatic nitrogens is 4. The molecular weight excluding hydrogens is 398 g/mol. The molecule has 134 valence electrons. The zero-order valence-corrected chi connectivity index (χ0v) is 16.2. The predicted octanol–water partition coefficient (Wildman–Crippen LogP) is 4.64. The first-order chi connectivity index (χ1) is 12.3. The summed E-state index contributed by atoms with van der Waals surface area (Å²) in [5.41, 5.74) is 1.63. The third-order valence-electron chi connectivity index (χ3n) is 3.25. The van der Waals surface area contributed by atoms with Gasteiger partial charge in [0.1, 0.15) is 15.9 Å². The molecule has 1 amide bonds. The topological polar surface area (TPSA) is 92.8 Å². The molecule has 0 atom stereocenters. The van der Waals surface area contributed by atoms with Crippen molar-refractivity contribution in [3.05, 3.63) is 47.3 Å². The zero-order valence-electron chi connectivity index (χ0n) is 14.6. The van der Waals surface area contributed by atoms with Crippen molar-refractivity contribution < 1.29 is 9.53 Å². The van der Waals surface area contributed by atoms with Crippen LogP contribution in [0.15, 0.2) is 47.3 Å². The van der Waals surface area contributed by atoms with Crippen LogP contribution >= 0.6 is 15.9 Å². The monoisotopic (exact) mass is 415 g/mol. The summed E-state index contributed by atoms with van der Waals surface area (Å²) in [6.45, 7) is 5.37. The number of H-pyrrole nitrogens is 1. The fraction of sp³-hybridized carbons (Fsp3) is 0.222. The number of hydrogen-bond donors (Lipinski definition) is 2. The number of nitrogens with one attached hydrogen (secondary N) is 2. The molecule has 26 heavy (non-hydrogen) atoms. The second kappa shape index (κ2) is 7.25. The normalized spacial score (nSPS) is 11.2. The fourth-order valence-corrected chi connectivity index (χ4v) is 2.51. The van der Waals surface area contributed by atoms with E-state index < -0.39 is 11.7 Å². The van der Waals surface area contributed by atoms with Crippen molar-refractivity contribution in [2.24, 2.45) is 0 Å². The van der Waals surface area contributed by atoms with Crippen LogP contribution in [0.3, 0.4) is 0 Å². The number of nitrogens with zero attached hydrogens (tertiary/aromatic N) is 3. The fourth-order valence-electron chi connectivity index (χ4n) is 2.23. The van der Waals surface area contributed by atoms with E-state index in [1.54, 1.807) is 27.0 Å². The van der Waals surface area contributed by atoms with Crippen LogP contribution in [0, 0.1) is 0 Å². The van der Waals surface area contributed by atoms with Gasteiger partial charge in [0.05, 0.1) is 18.1 Å². The van der Waals surface area contributed by atoms with E-state index >= 15 is 0 Å². The van der Waals surface area contributed by atoms with E-state index in [1.807, 2.05) is 30.3 Å². The Morgan fingerprint density at radius 2 is 1.88 bits per heavy atom. The van der Waals surface area contributed by atoms with Gasteiger partial charge in [-0.05, 0) is 42.3 Å². The number of halogens is 1. The molecule has 2 heterocycles. The molecule has 0 aliphatic rings. The van der Waals surface area contributed by atoms with E-state index in [9.17, 15) is 4.79 Å². The highest BCUT2D eigenvalue weighted by molar-refractivity contribution is 9.10. The molecule has 0 aliphatic carbocycles. The molecule has 3 rings (SSSR count). The van der Waals surface area contributed by atoms with E-state index in [-0.39, 0.29) is 5.82 Å². The van der Waals surface area contributed by atoms with Crippen molar-refractivity contribution in [1.29, 1.82) is 0 Å². The molecule has 0 spiro atoms. The number of amides is 1. The maximum absolute atomic E-state index is 12.1. The number of carbonyl (C=O) groups is 1. The molecule has 0 radical (unpaired) electrons. The van der Waals surface area contributed by atoms with Gasteiger partial charge in [0.2, 0.25) is 0 Å². The summed E-state index contributed by atoms with van der Waals surface area (Å²) < 4.78 is 5.80. The summed E-state index contributed by atoms with van der Waals surface area (Å²) in [5, 5.41) is 2.63. The highest BCUT2D eigenvalue weighted by atomic mass is 79.9. The molecule has 0 bridgehead atoms. The van der Waals surface area contributed by atoms with E-state index in [0.717, 1.165) is 11.3 Å². The van der Waals surface area contributed by atoms with Crippen LogP contribution in [0.4, 0.5) is 10.6 Å². The van der Waals surface area contributed by atoms with Gasteiger partial charge >= 0.3 is 6.09 Å². The first kappa shape index (κ1) is 18.1. The zero-order chi connectivity index (χ0) is 18.7. The standard InChI is InChI=1S/C18H18BrN5O2/c1-18(2,3)26-17(25)24-16-14(23-13(19)10-21-16)15-20-9-12(22-15)11-7-5-4-6-8-11/h4-10H,1-3H3,(H,20,22)(H,21,24,25). The van der Waals surface area contributed by atoms with Crippen LogP contribution in [0.1, 0.15) is 20.8 Å². The van der Waals surface area contributed by atoms with Crippen molar-refractivity contribution in [2.45, 2.75) is 26.4 Å². The maximum Gasteiger partial charge on any atom is 0.413 e. The minimum Gasteiger partial charge on any atom is -0.444 e. The molecule has 3 aromatic rings. The van der Waals surface area contributed by atoms with Crippen LogP contribution in [0.25, 0.3) is 22.8 Å². The Labute approximate surface area is 159 Å². The summed E-state index contributed by atoms with van der Waals surface area (Å²) in [6.07, 6.45) is 2.60. The number of anilines is 1.